The van der Waals surface area contributed by atoms with Gasteiger partial charge in [0.05, 0.1) is 22.0 Å². The second-order valence-corrected chi connectivity index (χ2v) is 4.01. The molecule has 0 aromatic carbocycles. The van der Waals surface area contributed by atoms with Crippen molar-refractivity contribution in [3.63, 3.8) is 0 Å². The summed E-state index contributed by atoms with van der Waals surface area (Å²) in [5, 5.41) is 23.6. The number of aromatic nitrogens is 4. The molecule has 0 saturated carbocycles. The molecule has 0 fully saturated rings. The van der Waals surface area contributed by atoms with Gasteiger partial charge in [-0.1, -0.05) is 0 Å². The molecule has 0 saturated heterocycles. The summed E-state index contributed by atoms with van der Waals surface area (Å²) in [7, 11) is 0. The number of rotatable bonds is 4. The summed E-state index contributed by atoms with van der Waals surface area (Å²) in [6.45, 7) is 3.45. The van der Waals surface area contributed by atoms with Crippen LogP contribution in [0.5, 0.6) is 0 Å². The molecule has 100 valence electrons. The number of nitrogens with zero attached hydrogens (tertiary/aromatic N) is 4. The van der Waals surface area contributed by atoms with Gasteiger partial charge in [0.15, 0.2) is 0 Å². The maximum atomic E-state index is 11.8. The molecular formula is C10H12N6O3. The molecular weight excluding hydrogens is 252 g/mol. The van der Waals surface area contributed by atoms with E-state index in [1.54, 1.807) is 13.8 Å². The van der Waals surface area contributed by atoms with Gasteiger partial charge in [-0.05, 0) is 13.8 Å². The fourth-order valence-corrected chi connectivity index (χ4v) is 1.59. The minimum absolute atomic E-state index is 0.0993. The molecule has 1 amide bonds. The highest BCUT2D eigenvalue weighted by molar-refractivity contribution is 5.91. The summed E-state index contributed by atoms with van der Waals surface area (Å²) in [4.78, 5) is 21.7. The first-order chi connectivity index (χ1) is 8.97. The van der Waals surface area contributed by atoms with Crippen molar-refractivity contribution in [3.05, 3.63) is 33.9 Å². The molecule has 9 nitrogen and oxygen atoms in total. The summed E-state index contributed by atoms with van der Waals surface area (Å²) in [5.74, 6) is -0.328. The highest BCUT2D eigenvalue weighted by atomic mass is 16.6. The number of amides is 1. The third kappa shape index (κ3) is 2.76. The van der Waals surface area contributed by atoms with Gasteiger partial charge in [-0.25, -0.2) is 0 Å². The van der Waals surface area contributed by atoms with Crippen LogP contribution in [0.15, 0.2) is 12.4 Å². The molecule has 19 heavy (non-hydrogen) atoms. The molecule has 2 aromatic rings. The Kier molecular flexibility index (Phi) is 3.27. The Morgan fingerprint density at radius 3 is 2.84 bits per heavy atom. The van der Waals surface area contributed by atoms with E-state index in [-0.39, 0.29) is 18.1 Å². The van der Waals surface area contributed by atoms with Gasteiger partial charge in [-0.15, -0.1) is 0 Å². The van der Waals surface area contributed by atoms with Crippen molar-refractivity contribution in [2.75, 3.05) is 5.32 Å². The Bertz CT molecular complexity index is 609. The van der Waals surface area contributed by atoms with Crippen LogP contribution in [0.3, 0.4) is 0 Å². The van der Waals surface area contributed by atoms with Gasteiger partial charge >= 0.3 is 5.69 Å². The number of carbonyl (C=O) groups excluding carboxylic acids is 1. The number of anilines is 1. The smallest absolute Gasteiger partial charge is 0.307 e. The molecule has 0 aliphatic rings. The van der Waals surface area contributed by atoms with Gasteiger partial charge in [-0.3, -0.25) is 24.7 Å². The predicted molar refractivity (Wildman–Crippen MR) is 65.6 cm³/mol. The fourth-order valence-electron chi connectivity index (χ4n) is 1.59. The quantitative estimate of drug-likeness (QED) is 0.624. The van der Waals surface area contributed by atoms with Crippen molar-refractivity contribution < 1.29 is 9.72 Å². The first kappa shape index (κ1) is 12.7. The van der Waals surface area contributed by atoms with E-state index >= 15 is 0 Å². The molecule has 2 aromatic heterocycles. The summed E-state index contributed by atoms with van der Waals surface area (Å²) in [6, 6.07) is 0. The van der Waals surface area contributed by atoms with Crippen LogP contribution in [-0.2, 0) is 11.3 Å². The highest BCUT2D eigenvalue weighted by Crippen LogP contribution is 2.16. The van der Waals surface area contributed by atoms with E-state index in [1.165, 1.54) is 10.9 Å². The molecule has 0 atom stereocenters. The van der Waals surface area contributed by atoms with E-state index < -0.39 is 4.92 Å². The zero-order chi connectivity index (χ0) is 14.0. The van der Waals surface area contributed by atoms with E-state index in [0.717, 1.165) is 11.9 Å². The van der Waals surface area contributed by atoms with Crippen molar-refractivity contribution in [2.45, 2.75) is 20.4 Å². The van der Waals surface area contributed by atoms with Crippen LogP contribution < -0.4 is 5.32 Å². The molecule has 0 radical (unpaired) electrons. The van der Waals surface area contributed by atoms with Crippen LogP contribution >= 0.6 is 0 Å². The fraction of sp³-hybridized carbons (Fsp3) is 0.300. The Labute approximate surface area is 107 Å². The van der Waals surface area contributed by atoms with E-state index in [1.807, 2.05) is 0 Å². The highest BCUT2D eigenvalue weighted by Gasteiger charge is 2.13. The standard InChI is InChI=1S/C10H12N6O3/c1-6-10(7(2)14-13-6)12-9(17)5-15-4-8(3-11-15)16(18)19/h3-4H,5H2,1-2H3,(H,12,17)(H,13,14). The first-order valence-corrected chi connectivity index (χ1v) is 5.45. The maximum absolute atomic E-state index is 11.8. The third-order valence-corrected chi connectivity index (χ3v) is 2.53. The minimum atomic E-state index is -0.564. The lowest BCUT2D eigenvalue weighted by Crippen LogP contribution is -2.19. The number of nitro groups is 1. The lowest BCUT2D eigenvalue weighted by Gasteiger charge is -2.04. The van der Waals surface area contributed by atoms with E-state index in [0.29, 0.717) is 11.4 Å². The topological polar surface area (TPSA) is 119 Å². The first-order valence-electron chi connectivity index (χ1n) is 5.45. The lowest BCUT2D eigenvalue weighted by atomic mass is 10.3. The minimum Gasteiger partial charge on any atom is -0.321 e. The van der Waals surface area contributed by atoms with Gasteiger partial charge in [0, 0.05) is 0 Å². The van der Waals surface area contributed by atoms with Crippen molar-refractivity contribution >= 4 is 17.3 Å². The number of hydrogen-bond donors (Lipinski definition) is 2. The van der Waals surface area contributed by atoms with E-state index in [2.05, 4.69) is 20.6 Å². The molecule has 9 heteroatoms. The Morgan fingerprint density at radius 1 is 1.58 bits per heavy atom. The van der Waals surface area contributed by atoms with Crippen molar-refractivity contribution in [1.82, 2.24) is 20.0 Å². The predicted octanol–water partition coefficient (Wildman–Crippen LogP) is 0.770. The Morgan fingerprint density at radius 2 is 2.32 bits per heavy atom. The third-order valence-electron chi connectivity index (χ3n) is 2.53. The van der Waals surface area contributed by atoms with Crippen LogP contribution in [0.2, 0.25) is 0 Å². The molecule has 0 bridgehead atoms. The SMILES string of the molecule is Cc1n[nH]c(C)c1NC(=O)Cn1cc([N+](=O)[O-])cn1. The summed E-state index contributed by atoms with van der Waals surface area (Å²) in [6.07, 6.45) is 2.30. The summed E-state index contributed by atoms with van der Waals surface area (Å²) < 4.78 is 1.21. The lowest BCUT2D eigenvalue weighted by molar-refractivity contribution is -0.385. The van der Waals surface area contributed by atoms with Gasteiger partial charge in [0.1, 0.15) is 18.9 Å². The molecule has 0 aliphatic heterocycles. The van der Waals surface area contributed by atoms with Crippen LogP contribution in [0.4, 0.5) is 11.4 Å². The molecule has 0 aliphatic carbocycles. The van der Waals surface area contributed by atoms with Crippen LogP contribution in [-0.4, -0.2) is 30.8 Å². The second-order valence-electron chi connectivity index (χ2n) is 4.01. The monoisotopic (exact) mass is 264 g/mol. The summed E-state index contributed by atoms with van der Waals surface area (Å²) in [5.41, 5.74) is 1.89. The van der Waals surface area contributed by atoms with Gasteiger partial charge in [-0.2, -0.15) is 10.2 Å². The molecule has 0 unspecified atom stereocenters. The number of nitrogens with one attached hydrogen (secondary N) is 2. The zero-order valence-corrected chi connectivity index (χ0v) is 10.4. The van der Waals surface area contributed by atoms with Crippen molar-refractivity contribution in [1.29, 1.82) is 0 Å². The Balaban J connectivity index is 2.03. The van der Waals surface area contributed by atoms with Gasteiger partial charge in [0.2, 0.25) is 5.91 Å². The van der Waals surface area contributed by atoms with Crippen molar-refractivity contribution in [3.8, 4) is 0 Å². The normalized spacial score (nSPS) is 10.4. The number of aryl methyl sites for hydroxylation is 2. The number of aromatic amines is 1. The van der Waals surface area contributed by atoms with Gasteiger partial charge in [0.25, 0.3) is 0 Å². The van der Waals surface area contributed by atoms with E-state index in [4.69, 9.17) is 0 Å². The van der Waals surface area contributed by atoms with E-state index in [9.17, 15) is 14.9 Å². The molecule has 2 rings (SSSR count). The molecule has 2 N–H and O–H groups in total. The number of H-pyrrole nitrogens is 1. The average molecular weight is 264 g/mol. The Hall–Kier alpha value is -2.71. The maximum Gasteiger partial charge on any atom is 0.307 e. The zero-order valence-electron chi connectivity index (χ0n) is 10.4. The van der Waals surface area contributed by atoms with Crippen LogP contribution in [0, 0.1) is 24.0 Å². The van der Waals surface area contributed by atoms with Crippen LogP contribution in [0.25, 0.3) is 0 Å². The average Bonchev–Trinajstić information content (AvgIpc) is 2.91. The number of hydrogen-bond acceptors (Lipinski definition) is 5. The molecule has 2 heterocycles. The second kappa shape index (κ2) is 4.88. The van der Waals surface area contributed by atoms with Gasteiger partial charge < -0.3 is 5.32 Å². The summed E-state index contributed by atoms with van der Waals surface area (Å²) >= 11 is 0. The largest absolute Gasteiger partial charge is 0.321 e. The molecule has 0 spiro atoms. The van der Waals surface area contributed by atoms with Crippen LogP contribution in [0.1, 0.15) is 11.4 Å². The number of carbonyl (C=O) groups is 1. The van der Waals surface area contributed by atoms with Crippen molar-refractivity contribution in [2.24, 2.45) is 0 Å².